The van der Waals surface area contributed by atoms with E-state index < -0.39 is 15.4 Å². The molecular formula is C9H12O3S. The van der Waals surface area contributed by atoms with E-state index in [1.54, 1.807) is 18.2 Å². The molecule has 1 aliphatic carbocycles. The zero-order valence-electron chi connectivity index (χ0n) is 7.34. The highest BCUT2D eigenvalue weighted by atomic mass is 32.2. The van der Waals surface area contributed by atoms with Gasteiger partial charge in [0.15, 0.2) is 0 Å². The Morgan fingerprint density at radius 3 is 2.23 bits per heavy atom. The van der Waals surface area contributed by atoms with E-state index in [2.05, 4.69) is 6.58 Å². The zero-order valence-corrected chi connectivity index (χ0v) is 8.16. The Labute approximate surface area is 78.2 Å². The van der Waals surface area contributed by atoms with Crippen LogP contribution in [0, 0.1) is 5.41 Å². The fraction of sp³-hybridized carbons (Fsp3) is 0.333. The molecule has 0 radical (unpaired) electrons. The molecule has 4 heteroatoms. The second-order valence-electron chi connectivity index (χ2n) is 3.27. The van der Waals surface area contributed by atoms with Gasteiger partial charge in [0, 0.05) is 5.41 Å². The Bertz CT molecular complexity index is 348. The average molecular weight is 200 g/mol. The summed E-state index contributed by atoms with van der Waals surface area (Å²) in [6.07, 6.45) is 8.03. The van der Waals surface area contributed by atoms with Crippen molar-refractivity contribution < 1.29 is 13.0 Å². The number of rotatable bonds is 2. The molecular weight excluding hydrogens is 188 g/mol. The van der Waals surface area contributed by atoms with Gasteiger partial charge in [-0.3, -0.25) is 4.55 Å². The van der Waals surface area contributed by atoms with Crippen LogP contribution in [-0.4, -0.2) is 18.2 Å². The van der Waals surface area contributed by atoms with Crippen LogP contribution in [0.15, 0.2) is 37.0 Å². The second-order valence-corrected chi connectivity index (χ2v) is 4.84. The Hall–Kier alpha value is -0.870. The minimum atomic E-state index is -3.99. The van der Waals surface area contributed by atoms with Gasteiger partial charge in [0.2, 0.25) is 0 Å². The highest BCUT2D eigenvalue weighted by Gasteiger charge is 2.24. The van der Waals surface area contributed by atoms with Crippen LogP contribution in [0.5, 0.6) is 0 Å². The first kappa shape index (κ1) is 10.2. The average Bonchev–Trinajstić information content (AvgIpc) is 2.04. The predicted octanol–water partition coefficient (Wildman–Crippen LogP) is 1.56. The van der Waals surface area contributed by atoms with Crippen LogP contribution in [0.1, 0.15) is 6.92 Å². The molecule has 0 aromatic carbocycles. The Morgan fingerprint density at radius 1 is 1.46 bits per heavy atom. The van der Waals surface area contributed by atoms with Crippen molar-refractivity contribution in [2.75, 3.05) is 0 Å². The lowest BCUT2D eigenvalue weighted by molar-refractivity contribution is 0.479. The van der Waals surface area contributed by atoms with E-state index in [-0.39, 0.29) is 5.41 Å². The van der Waals surface area contributed by atoms with Crippen LogP contribution in [0.25, 0.3) is 0 Å². The highest BCUT2D eigenvalue weighted by Crippen LogP contribution is 2.27. The van der Waals surface area contributed by atoms with Gasteiger partial charge in [-0.05, 0) is 6.92 Å². The lowest BCUT2D eigenvalue weighted by atomic mass is 9.87. The molecule has 0 bridgehead atoms. The normalized spacial score (nSPS) is 33.2. The maximum atomic E-state index is 10.7. The summed E-state index contributed by atoms with van der Waals surface area (Å²) in [5.41, 5.74) is -0.304. The smallest absolute Gasteiger partial charge is 0.275 e. The summed E-state index contributed by atoms with van der Waals surface area (Å²) in [6, 6.07) is 0. The molecule has 0 unspecified atom stereocenters. The molecule has 0 saturated heterocycles. The maximum Gasteiger partial charge on any atom is 0.275 e. The number of allylic oxidation sites excluding steroid dienone is 3. The fourth-order valence-electron chi connectivity index (χ4n) is 1.06. The number of hydrogen-bond donors (Lipinski definition) is 1. The Morgan fingerprint density at radius 2 is 1.92 bits per heavy atom. The van der Waals surface area contributed by atoms with Crippen LogP contribution in [0.3, 0.4) is 0 Å². The van der Waals surface area contributed by atoms with E-state index in [0.717, 1.165) is 0 Å². The van der Waals surface area contributed by atoms with E-state index >= 15 is 0 Å². The molecule has 0 saturated carbocycles. The molecule has 0 aliphatic heterocycles. The summed E-state index contributed by atoms with van der Waals surface area (Å²) in [6.45, 7) is 5.52. The van der Waals surface area contributed by atoms with Crippen molar-refractivity contribution in [3.63, 3.8) is 0 Å². The van der Waals surface area contributed by atoms with Crippen molar-refractivity contribution in [3.05, 3.63) is 37.0 Å². The van der Waals surface area contributed by atoms with E-state index in [1.165, 1.54) is 12.2 Å². The first-order valence-electron chi connectivity index (χ1n) is 3.86. The first-order valence-corrected chi connectivity index (χ1v) is 5.36. The molecule has 1 N–H and O–H groups in total. The molecule has 0 heterocycles. The SMILES string of the molecule is C=CC1(C)C=CC(S(=O)(=O)O)C=C1. The van der Waals surface area contributed by atoms with Gasteiger partial charge in [-0.25, -0.2) is 0 Å². The monoisotopic (exact) mass is 200 g/mol. The van der Waals surface area contributed by atoms with E-state index in [9.17, 15) is 8.42 Å². The van der Waals surface area contributed by atoms with Gasteiger partial charge in [0.1, 0.15) is 5.25 Å². The van der Waals surface area contributed by atoms with Gasteiger partial charge in [-0.15, -0.1) is 6.58 Å². The van der Waals surface area contributed by atoms with Crippen molar-refractivity contribution in [2.45, 2.75) is 12.2 Å². The van der Waals surface area contributed by atoms with Gasteiger partial charge in [0.25, 0.3) is 10.1 Å². The van der Waals surface area contributed by atoms with Crippen LogP contribution in [0.2, 0.25) is 0 Å². The van der Waals surface area contributed by atoms with Gasteiger partial charge in [-0.1, -0.05) is 30.4 Å². The molecule has 3 nitrogen and oxygen atoms in total. The second kappa shape index (κ2) is 3.12. The van der Waals surface area contributed by atoms with Crippen LogP contribution < -0.4 is 0 Å². The van der Waals surface area contributed by atoms with Crippen LogP contribution in [-0.2, 0) is 10.1 Å². The third kappa shape index (κ3) is 2.29. The molecule has 13 heavy (non-hydrogen) atoms. The van der Waals surface area contributed by atoms with Gasteiger partial charge in [0.05, 0.1) is 0 Å². The Balaban J connectivity index is 2.93. The quantitative estimate of drug-likeness (QED) is 0.543. The molecule has 0 aromatic rings. The van der Waals surface area contributed by atoms with E-state index in [0.29, 0.717) is 0 Å². The summed E-state index contributed by atoms with van der Waals surface area (Å²) in [7, 11) is -3.99. The van der Waals surface area contributed by atoms with Crippen molar-refractivity contribution in [1.82, 2.24) is 0 Å². The minimum Gasteiger partial charge on any atom is -0.285 e. The molecule has 72 valence electrons. The van der Waals surface area contributed by atoms with E-state index in [4.69, 9.17) is 4.55 Å². The summed E-state index contributed by atoms with van der Waals surface area (Å²) in [5, 5.41) is -0.916. The molecule has 0 aromatic heterocycles. The van der Waals surface area contributed by atoms with Crippen molar-refractivity contribution in [3.8, 4) is 0 Å². The first-order chi connectivity index (χ1) is 5.87. The molecule has 0 spiro atoms. The summed E-state index contributed by atoms with van der Waals surface area (Å²) in [5.74, 6) is 0. The van der Waals surface area contributed by atoms with Crippen molar-refractivity contribution >= 4 is 10.1 Å². The largest absolute Gasteiger partial charge is 0.285 e. The van der Waals surface area contributed by atoms with Gasteiger partial charge >= 0.3 is 0 Å². The zero-order chi connectivity index (χ0) is 10.1. The summed E-state index contributed by atoms with van der Waals surface area (Å²) >= 11 is 0. The fourth-order valence-corrected chi connectivity index (χ4v) is 1.61. The third-order valence-electron chi connectivity index (χ3n) is 2.07. The topological polar surface area (TPSA) is 54.4 Å². The predicted molar refractivity (Wildman–Crippen MR) is 51.9 cm³/mol. The number of hydrogen-bond acceptors (Lipinski definition) is 2. The third-order valence-corrected chi connectivity index (χ3v) is 3.08. The van der Waals surface area contributed by atoms with Crippen LogP contribution in [0.4, 0.5) is 0 Å². The Kier molecular flexibility index (Phi) is 2.45. The lowest BCUT2D eigenvalue weighted by Gasteiger charge is -2.21. The summed E-state index contributed by atoms with van der Waals surface area (Å²) < 4.78 is 30.2. The maximum absolute atomic E-state index is 10.7. The molecule has 0 fully saturated rings. The van der Waals surface area contributed by atoms with E-state index in [1.807, 2.05) is 6.92 Å². The standard InChI is InChI=1S/C9H12O3S/c1-3-9(2)6-4-8(5-7-9)13(10,11)12/h3-8H,1H2,2H3,(H,10,11,12). The van der Waals surface area contributed by atoms with Crippen molar-refractivity contribution in [2.24, 2.45) is 5.41 Å². The highest BCUT2D eigenvalue weighted by molar-refractivity contribution is 7.86. The van der Waals surface area contributed by atoms with Crippen LogP contribution >= 0.6 is 0 Å². The van der Waals surface area contributed by atoms with Gasteiger partial charge < -0.3 is 0 Å². The molecule has 1 aliphatic rings. The minimum absolute atomic E-state index is 0.304. The van der Waals surface area contributed by atoms with Crippen molar-refractivity contribution in [1.29, 1.82) is 0 Å². The lowest BCUT2D eigenvalue weighted by Crippen LogP contribution is -2.21. The molecule has 0 atom stereocenters. The molecule has 0 amide bonds. The van der Waals surface area contributed by atoms with Gasteiger partial charge in [-0.2, -0.15) is 8.42 Å². The summed E-state index contributed by atoms with van der Waals surface area (Å²) in [4.78, 5) is 0. The molecule has 1 rings (SSSR count).